The quantitative estimate of drug-likeness (QED) is 0.839. The molecule has 0 bridgehead atoms. The maximum atomic E-state index is 4.67. The fourth-order valence-corrected chi connectivity index (χ4v) is 4.21. The minimum atomic E-state index is 0.621. The summed E-state index contributed by atoms with van der Waals surface area (Å²) < 4.78 is 0. The van der Waals surface area contributed by atoms with Gasteiger partial charge in [0.2, 0.25) is 0 Å². The topological polar surface area (TPSA) is 24.9 Å². The molecule has 4 atom stereocenters. The maximum Gasteiger partial charge on any atom is 0.0943 e. The minimum Gasteiger partial charge on any atom is -0.313 e. The highest BCUT2D eigenvalue weighted by Crippen LogP contribution is 2.36. The SMILES string of the molecule is CCCNC(Cc1nc(C)cs1)C1CCC(C)C(C)C1. The van der Waals surface area contributed by atoms with Crippen LogP contribution in [0.4, 0.5) is 0 Å². The molecule has 1 aromatic heterocycles. The molecule has 0 saturated heterocycles. The molecular formula is C17H30N2S. The van der Waals surface area contributed by atoms with Gasteiger partial charge in [0.15, 0.2) is 0 Å². The predicted octanol–water partition coefficient (Wildman–Crippen LogP) is 4.43. The number of hydrogen-bond acceptors (Lipinski definition) is 3. The van der Waals surface area contributed by atoms with Gasteiger partial charge in [-0.05, 0) is 50.5 Å². The van der Waals surface area contributed by atoms with Gasteiger partial charge < -0.3 is 5.32 Å². The third kappa shape index (κ3) is 4.29. The Balaban J connectivity index is 1.99. The van der Waals surface area contributed by atoms with Crippen LogP contribution < -0.4 is 5.32 Å². The Bertz CT molecular complexity index is 401. The molecule has 1 heterocycles. The smallest absolute Gasteiger partial charge is 0.0943 e. The molecule has 4 unspecified atom stereocenters. The Morgan fingerprint density at radius 2 is 2.15 bits per heavy atom. The number of nitrogens with zero attached hydrogens (tertiary/aromatic N) is 1. The molecule has 1 saturated carbocycles. The largest absolute Gasteiger partial charge is 0.313 e. The van der Waals surface area contributed by atoms with Crippen molar-refractivity contribution in [2.45, 2.75) is 65.8 Å². The molecule has 3 heteroatoms. The van der Waals surface area contributed by atoms with Crippen LogP contribution in [0.15, 0.2) is 5.38 Å². The summed E-state index contributed by atoms with van der Waals surface area (Å²) in [6.07, 6.45) is 6.49. The molecule has 2 nitrogen and oxygen atoms in total. The van der Waals surface area contributed by atoms with Crippen molar-refractivity contribution in [1.29, 1.82) is 0 Å². The molecule has 0 aromatic carbocycles. The van der Waals surface area contributed by atoms with Crippen molar-refractivity contribution in [2.24, 2.45) is 17.8 Å². The van der Waals surface area contributed by atoms with E-state index >= 15 is 0 Å². The van der Waals surface area contributed by atoms with Crippen molar-refractivity contribution < 1.29 is 0 Å². The van der Waals surface area contributed by atoms with Crippen molar-refractivity contribution in [1.82, 2.24) is 10.3 Å². The van der Waals surface area contributed by atoms with E-state index in [1.807, 2.05) is 11.3 Å². The predicted molar refractivity (Wildman–Crippen MR) is 88.3 cm³/mol. The lowest BCUT2D eigenvalue weighted by Gasteiger charge is -2.37. The van der Waals surface area contributed by atoms with E-state index in [-0.39, 0.29) is 0 Å². The molecular weight excluding hydrogens is 264 g/mol. The zero-order valence-electron chi connectivity index (χ0n) is 13.5. The minimum absolute atomic E-state index is 0.621. The molecule has 20 heavy (non-hydrogen) atoms. The van der Waals surface area contributed by atoms with Crippen LogP contribution in [-0.4, -0.2) is 17.6 Å². The zero-order chi connectivity index (χ0) is 14.5. The van der Waals surface area contributed by atoms with Crippen molar-refractivity contribution in [3.8, 4) is 0 Å². The van der Waals surface area contributed by atoms with Gasteiger partial charge in [0.1, 0.15) is 0 Å². The first-order valence-corrected chi connectivity index (χ1v) is 9.12. The highest BCUT2D eigenvalue weighted by atomic mass is 32.1. The average Bonchev–Trinajstić information content (AvgIpc) is 2.83. The van der Waals surface area contributed by atoms with Gasteiger partial charge in [0.25, 0.3) is 0 Å². The Kier molecular flexibility index (Phi) is 6.03. The van der Waals surface area contributed by atoms with Gasteiger partial charge in [0.05, 0.1) is 5.01 Å². The number of rotatable bonds is 6. The molecule has 1 aliphatic carbocycles. The van der Waals surface area contributed by atoms with E-state index in [4.69, 9.17) is 0 Å². The van der Waals surface area contributed by atoms with Crippen molar-refractivity contribution in [3.63, 3.8) is 0 Å². The van der Waals surface area contributed by atoms with E-state index < -0.39 is 0 Å². The number of thiazole rings is 1. The molecule has 0 aliphatic heterocycles. The highest BCUT2D eigenvalue weighted by molar-refractivity contribution is 7.09. The van der Waals surface area contributed by atoms with Gasteiger partial charge in [-0.1, -0.05) is 27.2 Å². The molecule has 2 rings (SSSR count). The van der Waals surface area contributed by atoms with Crippen molar-refractivity contribution >= 4 is 11.3 Å². The Morgan fingerprint density at radius 3 is 2.75 bits per heavy atom. The van der Waals surface area contributed by atoms with Gasteiger partial charge in [-0.15, -0.1) is 11.3 Å². The summed E-state index contributed by atoms with van der Waals surface area (Å²) in [6.45, 7) is 10.3. The summed E-state index contributed by atoms with van der Waals surface area (Å²) >= 11 is 1.83. The lowest BCUT2D eigenvalue weighted by atomic mass is 9.72. The second-order valence-corrected chi connectivity index (χ2v) is 7.62. The van der Waals surface area contributed by atoms with Gasteiger partial charge in [-0.3, -0.25) is 0 Å². The number of nitrogens with one attached hydrogen (secondary N) is 1. The number of aromatic nitrogens is 1. The number of hydrogen-bond donors (Lipinski definition) is 1. The summed E-state index contributed by atoms with van der Waals surface area (Å²) in [7, 11) is 0. The van der Waals surface area contributed by atoms with Crippen LogP contribution in [0.3, 0.4) is 0 Å². The van der Waals surface area contributed by atoms with E-state index in [2.05, 4.69) is 43.4 Å². The third-order valence-corrected chi connectivity index (χ3v) is 5.91. The second-order valence-electron chi connectivity index (χ2n) is 6.68. The molecule has 1 aliphatic rings. The van der Waals surface area contributed by atoms with E-state index in [9.17, 15) is 0 Å². The van der Waals surface area contributed by atoms with Crippen LogP contribution in [0.1, 0.15) is 57.2 Å². The van der Waals surface area contributed by atoms with E-state index in [1.54, 1.807) is 0 Å². The monoisotopic (exact) mass is 294 g/mol. The summed E-state index contributed by atoms with van der Waals surface area (Å²) in [4.78, 5) is 4.67. The van der Waals surface area contributed by atoms with Crippen LogP contribution in [0.2, 0.25) is 0 Å². The van der Waals surface area contributed by atoms with Crippen LogP contribution in [0.5, 0.6) is 0 Å². The maximum absolute atomic E-state index is 4.67. The van der Waals surface area contributed by atoms with E-state index in [0.717, 1.165) is 30.7 Å². The van der Waals surface area contributed by atoms with Crippen LogP contribution in [-0.2, 0) is 6.42 Å². The van der Waals surface area contributed by atoms with Crippen molar-refractivity contribution in [3.05, 3.63) is 16.1 Å². The molecule has 1 N–H and O–H groups in total. The summed E-state index contributed by atoms with van der Waals surface area (Å²) in [5.74, 6) is 2.61. The van der Waals surface area contributed by atoms with Crippen LogP contribution in [0.25, 0.3) is 0 Å². The highest BCUT2D eigenvalue weighted by Gasteiger charge is 2.30. The first-order chi connectivity index (χ1) is 9.60. The second kappa shape index (κ2) is 7.56. The number of aryl methyl sites for hydroxylation is 1. The molecule has 0 spiro atoms. The Morgan fingerprint density at radius 1 is 1.35 bits per heavy atom. The summed E-state index contributed by atoms with van der Waals surface area (Å²) in [5, 5.41) is 7.29. The van der Waals surface area contributed by atoms with Crippen LogP contribution in [0, 0.1) is 24.7 Å². The molecule has 114 valence electrons. The molecule has 0 amide bonds. The fourth-order valence-electron chi connectivity index (χ4n) is 3.37. The van der Waals surface area contributed by atoms with Crippen molar-refractivity contribution in [2.75, 3.05) is 6.54 Å². The zero-order valence-corrected chi connectivity index (χ0v) is 14.3. The lowest BCUT2D eigenvalue weighted by molar-refractivity contribution is 0.170. The summed E-state index contributed by atoms with van der Waals surface area (Å²) in [6, 6.07) is 0.621. The lowest BCUT2D eigenvalue weighted by Crippen LogP contribution is -2.41. The Hall–Kier alpha value is -0.410. The average molecular weight is 295 g/mol. The molecule has 1 aromatic rings. The van der Waals surface area contributed by atoms with Gasteiger partial charge in [-0.2, -0.15) is 0 Å². The third-order valence-electron chi connectivity index (χ3n) is 4.93. The van der Waals surface area contributed by atoms with Gasteiger partial charge in [-0.25, -0.2) is 4.98 Å². The standard InChI is InChI=1S/C17H30N2S/c1-5-8-18-16(10-17-19-14(4)11-20-17)15-7-6-12(2)13(3)9-15/h11-13,15-16,18H,5-10H2,1-4H3. The molecule has 0 radical (unpaired) electrons. The first kappa shape index (κ1) is 16.0. The molecule has 1 fully saturated rings. The first-order valence-electron chi connectivity index (χ1n) is 8.24. The summed E-state index contributed by atoms with van der Waals surface area (Å²) in [5.41, 5.74) is 1.17. The van der Waals surface area contributed by atoms with E-state index in [1.165, 1.54) is 36.4 Å². The van der Waals surface area contributed by atoms with E-state index in [0.29, 0.717) is 6.04 Å². The van der Waals surface area contributed by atoms with Gasteiger partial charge in [0, 0.05) is 23.5 Å². The normalized spacial score (nSPS) is 28.5. The fraction of sp³-hybridized carbons (Fsp3) is 0.824. The van der Waals surface area contributed by atoms with Crippen LogP contribution >= 0.6 is 11.3 Å². The Labute approximate surface area is 128 Å². The van der Waals surface area contributed by atoms with Gasteiger partial charge >= 0.3 is 0 Å².